The van der Waals surface area contributed by atoms with Crippen LogP contribution in [0.25, 0.3) is 22.8 Å². The van der Waals surface area contributed by atoms with Crippen LogP contribution in [0.3, 0.4) is 0 Å². The minimum atomic E-state index is -0.0739. The summed E-state index contributed by atoms with van der Waals surface area (Å²) in [7, 11) is 0. The maximum absolute atomic E-state index is 9.97. The molecular weight excluding hydrogens is 302 g/mol. The van der Waals surface area contributed by atoms with Gasteiger partial charge in [0.1, 0.15) is 17.8 Å². The van der Waals surface area contributed by atoms with Gasteiger partial charge in [0.2, 0.25) is 0 Å². The van der Waals surface area contributed by atoms with Crippen molar-refractivity contribution in [2.24, 2.45) is 0 Å². The van der Waals surface area contributed by atoms with E-state index >= 15 is 0 Å². The van der Waals surface area contributed by atoms with Gasteiger partial charge < -0.3 is 10.2 Å². The molecule has 3 aromatic rings. The third-order valence-electron chi connectivity index (χ3n) is 3.80. The van der Waals surface area contributed by atoms with E-state index in [1.807, 2.05) is 12.1 Å². The van der Waals surface area contributed by atoms with E-state index in [0.29, 0.717) is 17.2 Å². The smallest absolute Gasteiger partial charge is 0.167 e. The first-order chi connectivity index (χ1) is 11.3. The zero-order valence-electron chi connectivity index (χ0n) is 13.9. The predicted octanol–water partition coefficient (Wildman–Crippen LogP) is 3.91. The Labute approximate surface area is 140 Å². The van der Waals surface area contributed by atoms with Crippen LogP contribution >= 0.6 is 0 Å². The second-order valence-electron chi connectivity index (χ2n) is 6.66. The molecule has 0 unspecified atom stereocenters. The monoisotopic (exact) mass is 321 g/mol. The maximum Gasteiger partial charge on any atom is 0.167 e. The van der Waals surface area contributed by atoms with Crippen molar-refractivity contribution in [1.82, 2.24) is 15.0 Å². The van der Waals surface area contributed by atoms with Crippen LogP contribution in [0, 0.1) is 0 Å². The first kappa shape index (κ1) is 15.9. The summed E-state index contributed by atoms with van der Waals surface area (Å²) in [4.78, 5) is 12.8. The summed E-state index contributed by atoms with van der Waals surface area (Å²) in [5, 5.41) is 19.4. The Balaban J connectivity index is 1.99. The van der Waals surface area contributed by atoms with Crippen molar-refractivity contribution >= 4 is 0 Å². The highest BCUT2D eigenvalue weighted by Crippen LogP contribution is 2.30. The Morgan fingerprint density at radius 3 is 2.12 bits per heavy atom. The molecule has 0 aliphatic rings. The molecule has 0 atom stereocenters. The summed E-state index contributed by atoms with van der Waals surface area (Å²) in [6.45, 7) is 6.49. The average Bonchev–Trinajstić information content (AvgIpc) is 2.54. The lowest BCUT2D eigenvalue weighted by molar-refractivity contribution is 0.451. The Morgan fingerprint density at radius 2 is 1.50 bits per heavy atom. The molecule has 0 radical (unpaired) electrons. The number of aromatic nitrogens is 3. The quantitative estimate of drug-likeness (QED) is 0.748. The van der Waals surface area contributed by atoms with Gasteiger partial charge in [0, 0.05) is 11.6 Å². The Bertz CT molecular complexity index is 869. The molecule has 0 aliphatic carbocycles. The van der Waals surface area contributed by atoms with E-state index in [1.54, 1.807) is 6.07 Å². The third-order valence-corrected chi connectivity index (χ3v) is 3.80. The van der Waals surface area contributed by atoms with E-state index < -0.39 is 0 Å². The molecule has 0 bridgehead atoms. The topological polar surface area (TPSA) is 79.1 Å². The van der Waals surface area contributed by atoms with E-state index in [4.69, 9.17) is 0 Å². The standard InChI is InChI=1S/C19H19N3O2/c1-19(2,3)13-6-4-12(5-7-13)17-20-11-21-18(22-17)15-9-8-14(23)10-16(15)24/h4-11,23-24H,1-3H3. The van der Waals surface area contributed by atoms with Crippen molar-refractivity contribution in [3.8, 4) is 34.3 Å². The predicted molar refractivity (Wildman–Crippen MR) is 92.7 cm³/mol. The fraction of sp³-hybridized carbons (Fsp3) is 0.211. The van der Waals surface area contributed by atoms with Crippen molar-refractivity contribution in [3.63, 3.8) is 0 Å². The maximum atomic E-state index is 9.97. The molecule has 5 nitrogen and oxygen atoms in total. The van der Waals surface area contributed by atoms with Gasteiger partial charge in [-0.15, -0.1) is 0 Å². The van der Waals surface area contributed by atoms with Crippen molar-refractivity contribution in [3.05, 3.63) is 54.4 Å². The zero-order valence-corrected chi connectivity index (χ0v) is 13.9. The highest BCUT2D eigenvalue weighted by molar-refractivity contribution is 5.67. The van der Waals surface area contributed by atoms with E-state index in [9.17, 15) is 10.2 Å². The molecule has 122 valence electrons. The first-order valence-corrected chi connectivity index (χ1v) is 7.67. The SMILES string of the molecule is CC(C)(C)c1ccc(-c2ncnc(-c3ccc(O)cc3O)n2)cc1. The number of benzene rings is 2. The average molecular weight is 321 g/mol. The molecule has 0 saturated heterocycles. The third kappa shape index (κ3) is 3.20. The van der Waals surface area contributed by atoms with E-state index in [-0.39, 0.29) is 16.9 Å². The molecule has 1 aromatic heterocycles. The fourth-order valence-corrected chi connectivity index (χ4v) is 2.39. The van der Waals surface area contributed by atoms with Crippen LogP contribution in [0.4, 0.5) is 0 Å². The lowest BCUT2D eigenvalue weighted by atomic mass is 9.87. The van der Waals surface area contributed by atoms with Gasteiger partial charge >= 0.3 is 0 Å². The van der Waals surface area contributed by atoms with Crippen molar-refractivity contribution in [2.45, 2.75) is 26.2 Å². The van der Waals surface area contributed by atoms with Gasteiger partial charge in [-0.2, -0.15) is 0 Å². The van der Waals surface area contributed by atoms with Gasteiger partial charge in [-0.25, -0.2) is 15.0 Å². The van der Waals surface area contributed by atoms with Crippen molar-refractivity contribution in [2.75, 3.05) is 0 Å². The van der Waals surface area contributed by atoms with Crippen molar-refractivity contribution in [1.29, 1.82) is 0 Å². The minimum Gasteiger partial charge on any atom is -0.508 e. The molecule has 0 aliphatic heterocycles. The lowest BCUT2D eigenvalue weighted by Crippen LogP contribution is -2.10. The molecule has 2 aromatic carbocycles. The number of aromatic hydroxyl groups is 2. The number of hydrogen-bond donors (Lipinski definition) is 2. The zero-order chi connectivity index (χ0) is 17.3. The first-order valence-electron chi connectivity index (χ1n) is 7.67. The fourth-order valence-electron chi connectivity index (χ4n) is 2.39. The summed E-state index contributed by atoms with van der Waals surface area (Å²) in [5.41, 5.74) is 2.64. The molecular formula is C19H19N3O2. The molecule has 0 spiro atoms. The summed E-state index contributed by atoms with van der Waals surface area (Å²) in [6.07, 6.45) is 1.42. The number of rotatable bonds is 2. The van der Waals surface area contributed by atoms with Crippen LogP contribution in [0.15, 0.2) is 48.8 Å². The van der Waals surface area contributed by atoms with E-state index in [0.717, 1.165) is 5.56 Å². The Hall–Kier alpha value is -2.95. The van der Waals surface area contributed by atoms with Crippen LogP contribution in [-0.2, 0) is 5.41 Å². The lowest BCUT2D eigenvalue weighted by Gasteiger charge is -2.19. The van der Waals surface area contributed by atoms with Crippen LogP contribution < -0.4 is 0 Å². The molecule has 3 rings (SSSR count). The summed E-state index contributed by atoms with van der Waals surface area (Å²) in [5.74, 6) is 0.809. The molecule has 1 heterocycles. The molecule has 0 amide bonds. The molecule has 24 heavy (non-hydrogen) atoms. The van der Waals surface area contributed by atoms with Crippen LogP contribution in [0.2, 0.25) is 0 Å². The minimum absolute atomic E-state index is 0.0108. The van der Waals surface area contributed by atoms with Gasteiger partial charge in [0.25, 0.3) is 0 Å². The molecule has 5 heteroatoms. The molecule has 0 saturated carbocycles. The summed E-state index contributed by atoms with van der Waals surface area (Å²) >= 11 is 0. The molecule has 2 N–H and O–H groups in total. The van der Waals surface area contributed by atoms with Crippen LogP contribution in [0.1, 0.15) is 26.3 Å². The van der Waals surface area contributed by atoms with E-state index in [1.165, 1.54) is 24.0 Å². The Kier molecular flexibility index (Phi) is 3.93. The normalized spacial score (nSPS) is 11.5. The van der Waals surface area contributed by atoms with Crippen LogP contribution in [-0.4, -0.2) is 25.2 Å². The number of phenols is 2. The second kappa shape index (κ2) is 5.92. The highest BCUT2D eigenvalue weighted by atomic mass is 16.3. The summed E-state index contributed by atoms with van der Waals surface area (Å²) < 4.78 is 0. The van der Waals surface area contributed by atoms with Gasteiger partial charge in [-0.3, -0.25) is 0 Å². The van der Waals surface area contributed by atoms with Gasteiger partial charge in [0.05, 0.1) is 5.56 Å². The van der Waals surface area contributed by atoms with Crippen LogP contribution in [0.5, 0.6) is 11.5 Å². The summed E-state index contributed by atoms with van der Waals surface area (Å²) in [6, 6.07) is 12.4. The molecule has 0 fully saturated rings. The Morgan fingerprint density at radius 1 is 0.833 bits per heavy atom. The number of phenolic OH excluding ortho intramolecular Hbond substituents is 2. The highest BCUT2D eigenvalue weighted by Gasteiger charge is 2.14. The van der Waals surface area contributed by atoms with Crippen molar-refractivity contribution < 1.29 is 10.2 Å². The van der Waals surface area contributed by atoms with Gasteiger partial charge in [-0.05, 0) is 23.1 Å². The second-order valence-corrected chi connectivity index (χ2v) is 6.66. The van der Waals surface area contributed by atoms with E-state index in [2.05, 4.69) is 47.9 Å². The van der Waals surface area contributed by atoms with Gasteiger partial charge in [0.15, 0.2) is 11.6 Å². The number of hydrogen-bond acceptors (Lipinski definition) is 5. The van der Waals surface area contributed by atoms with Gasteiger partial charge in [-0.1, -0.05) is 45.0 Å². The number of nitrogens with zero attached hydrogens (tertiary/aromatic N) is 3. The largest absolute Gasteiger partial charge is 0.508 e.